The molecule has 0 bridgehead atoms. The number of nitrogens with one attached hydrogen (secondary N) is 1. The summed E-state index contributed by atoms with van der Waals surface area (Å²) in [5.41, 5.74) is 1.04. The van der Waals surface area contributed by atoms with Crippen LogP contribution in [0.1, 0.15) is 16.9 Å². The molecule has 2 aromatic rings. The minimum absolute atomic E-state index is 0.0245. The maximum atomic E-state index is 12.4. The number of carbonyl (C=O) groups excluding carboxylic acids is 2. The lowest BCUT2D eigenvalue weighted by Crippen LogP contribution is -2.49. The first-order valence-electron chi connectivity index (χ1n) is 8.95. The van der Waals surface area contributed by atoms with Crippen LogP contribution >= 0.6 is 0 Å². The molecular formula is C19H23N5O3. The summed E-state index contributed by atoms with van der Waals surface area (Å²) in [6, 6.07) is 12.8. The van der Waals surface area contributed by atoms with Gasteiger partial charge in [0.25, 0.3) is 11.5 Å². The van der Waals surface area contributed by atoms with E-state index in [-0.39, 0.29) is 30.1 Å². The predicted octanol–water partition coefficient (Wildman–Crippen LogP) is 0.249. The van der Waals surface area contributed by atoms with Crippen LogP contribution in [0, 0.1) is 0 Å². The SMILES string of the molecule is Cn1nc(C(=O)NCCC(=O)N2CCN(c3ccccc3)CC2)ccc1=O. The van der Waals surface area contributed by atoms with Gasteiger partial charge in [-0.1, -0.05) is 18.2 Å². The van der Waals surface area contributed by atoms with Crippen LogP contribution in [0.4, 0.5) is 5.69 Å². The van der Waals surface area contributed by atoms with Gasteiger partial charge in [0.15, 0.2) is 0 Å². The fraction of sp³-hybridized carbons (Fsp3) is 0.368. The molecule has 1 aliphatic heterocycles. The fourth-order valence-corrected chi connectivity index (χ4v) is 3.01. The lowest BCUT2D eigenvalue weighted by molar-refractivity contribution is -0.131. The van der Waals surface area contributed by atoms with E-state index in [0.29, 0.717) is 13.1 Å². The molecule has 142 valence electrons. The number of carbonyl (C=O) groups is 2. The number of aromatic nitrogens is 2. The van der Waals surface area contributed by atoms with E-state index in [0.717, 1.165) is 17.8 Å². The van der Waals surface area contributed by atoms with E-state index < -0.39 is 5.91 Å². The third kappa shape index (κ3) is 4.72. The van der Waals surface area contributed by atoms with Gasteiger partial charge in [-0.25, -0.2) is 4.68 Å². The zero-order valence-electron chi connectivity index (χ0n) is 15.3. The highest BCUT2D eigenvalue weighted by Crippen LogP contribution is 2.15. The number of anilines is 1. The lowest BCUT2D eigenvalue weighted by Gasteiger charge is -2.36. The summed E-state index contributed by atoms with van der Waals surface area (Å²) in [5, 5.41) is 6.56. The molecule has 0 radical (unpaired) electrons. The van der Waals surface area contributed by atoms with Gasteiger partial charge in [-0.2, -0.15) is 5.10 Å². The van der Waals surface area contributed by atoms with E-state index in [4.69, 9.17) is 0 Å². The Bertz CT molecular complexity index is 857. The van der Waals surface area contributed by atoms with Crippen molar-refractivity contribution in [2.45, 2.75) is 6.42 Å². The van der Waals surface area contributed by atoms with Crippen molar-refractivity contribution in [1.82, 2.24) is 20.0 Å². The molecular weight excluding hydrogens is 346 g/mol. The number of hydrogen-bond donors (Lipinski definition) is 1. The van der Waals surface area contributed by atoms with Crippen LogP contribution in [-0.2, 0) is 11.8 Å². The van der Waals surface area contributed by atoms with Crippen molar-refractivity contribution < 1.29 is 9.59 Å². The molecule has 1 N–H and O–H groups in total. The van der Waals surface area contributed by atoms with Crippen molar-refractivity contribution in [3.05, 3.63) is 58.5 Å². The van der Waals surface area contributed by atoms with Gasteiger partial charge in [-0.15, -0.1) is 0 Å². The number of hydrogen-bond acceptors (Lipinski definition) is 5. The number of amides is 2. The molecule has 2 amide bonds. The van der Waals surface area contributed by atoms with Gasteiger partial charge < -0.3 is 15.1 Å². The highest BCUT2D eigenvalue weighted by molar-refractivity contribution is 5.92. The predicted molar refractivity (Wildman–Crippen MR) is 102 cm³/mol. The molecule has 1 saturated heterocycles. The molecule has 1 fully saturated rings. The standard InChI is InChI=1S/C19H23N5O3/c1-22-17(25)8-7-16(21-22)19(27)20-10-9-18(26)24-13-11-23(12-14-24)15-5-3-2-4-6-15/h2-8H,9-14H2,1H3,(H,20,27). The molecule has 8 nitrogen and oxygen atoms in total. The van der Waals surface area contributed by atoms with E-state index in [2.05, 4.69) is 27.4 Å². The Morgan fingerprint density at radius 2 is 1.74 bits per heavy atom. The third-order valence-corrected chi connectivity index (χ3v) is 4.57. The van der Waals surface area contributed by atoms with E-state index in [1.165, 1.54) is 24.9 Å². The third-order valence-electron chi connectivity index (χ3n) is 4.57. The summed E-state index contributed by atoms with van der Waals surface area (Å²) in [5.74, 6) is -0.372. The molecule has 1 aromatic carbocycles. The second kappa shape index (κ2) is 8.48. The topological polar surface area (TPSA) is 87.5 Å². The fourth-order valence-electron chi connectivity index (χ4n) is 3.01. The molecule has 1 aliphatic rings. The second-order valence-corrected chi connectivity index (χ2v) is 6.39. The van der Waals surface area contributed by atoms with Crippen LogP contribution in [0.3, 0.4) is 0 Å². The number of nitrogens with zero attached hydrogens (tertiary/aromatic N) is 4. The second-order valence-electron chi connectivity index (χ2n) is 6.39. The Hall–Kier alpha value is -3.16. The van der Waals surface area contributed by atoms with Crippen molar-refractivity contribution in [1.29, 1.82) is 0 Å². The van der Waals surface area contributed by atoms with Crippen LogP contribution in [0.2, 0.25) is 0 Å². The minimum Gasteiger partial charge on any atom is -0.368 e. The summed E-state index contributed by atoms with van der Waals surface area (Å²) < 4.78 is 1.10. The number of benzene rings is 1. The van der Waals surface area contributed by atoms with Gasteiger partial charge in [-0.3, -0.25) is 14.4 Å². The summed E-state index contributed by atoms with van der Waals surface area (Å²) in [6.45, 7) is 3.17. The van der Waals surface area contributed by atoms with E-state index >= 15 is 0 Å². The average molecular weight is 369 g/mol. The molecule has 0 unspecified atom stereocenters. The maximum absolute atomic E-state index is 12.4. The van der Waals surface area contributed by atoms with Gasteiger partial charge >= 0.3 is 0 Å². The van der Waals surface area contributed by atoms with Crippen molar-refractivity contribution in [2.75, 3.05) is 37.6 Å². The number of aryl methyl sites for hydroxylation is 1. The Labute approximate surface area is 157 Å². The van der Waals surface area contributed by atoms with Crippen LogP contribution in [0.25, 0.3) is 0 Å². The van der Waals surface area contributed by atoms with Crippen LogP contribution in [-0.4, -0.2) is 59.2 Å². The van der Waals surface area contributed by atoms with E-state index in [1.807, 2.05) is 23.1 Å². The highest BCUT2D eigenvalue weighted by atomic mass is 16.2. The molecule has 2 heterocycles. The summed E-state index contributed by atoms with van der Waals surface area (Å²) >= 11 is 0. The Kier molecular flexibility index (Phi) is 5.85. The molecule has 0 aliphatic carbocycles. The maximum Gasteiger partial charge on any atom is 0.271 e. The minimum atomic E-state index is -0.396. The van der Waals surface area contributed by atoms with E-state index in [1.54, 1.807) is 0 Å². The van der Waals surface area contributed by atoms with Crippen molar-refractivity contribution in [2.24, 2.45) is 7.05 Å². The first kappa shape index (κ1) is 18.6. The number of piperazine rings is 1. The van der Waals surface area contributed by atoms with Gasteiger partial charge in [0.05, 0.1) is 0 Å². The Morgan fingerprint density at radius 3 is 2.41 bits per heavy atom. The molecule has 8 heteroatoms. The molecule has 1 aromatic heterocycles. The molecule has 0 atom stereocenters. The summed E-state index contributed by atoms with van der Waals surface area (Å²) in [6.07, 6.45) is 0.239. The number of para-hydroxylation sites is 1. The molecule has 27 heavy (non-hydrogen) atoms. The Morgan fingerprint density at radius 1 is 1.04 bits per heavy atom. The van der Waals surface area contributed by atoms with Gasteiger partial charge in [0, 0.05) is 57.9 Å². The Balaban J connectivity index is 1.43. The molecule has 0 saturated carbocycles. The summed E-state index contributed by atoms with van der Waals surface area (Å²) in [4.78, 5) is 39.8. The summed E-state index contributed by atoms with van der Waals surface area (Å²) in [7, 11) is 1.48. The van der Waals surface area contributed by atoms with Crippen LogP contribution < -0.4 is 15.8 Å². The van der Waals surface area contributed by atoms with Crippen LogP contribution in [0.5, 0.6) is 0 Å². The van der Waals surface area contributed by atoms with Crippen molar-refractivity contribution >= 4 is 17.5 Å². The van der Waals surface area contributed by atoms with E-state index in [9.17, 15) is 14.4 Å². The largest absolute Gasteiger partial charge is 0.368 e. The zero-order chi connectivity index (χ0) is 19.2. The molecule has 3 rings (SSSR count). The molecule has 0 spiro atoms. The van der Waals surface area contributed by atoms with Crippen molar-refractivity contribution in [3.8, 4) is 0 Å². The smallest absolute Gasteiger partial charge is 0.271 e. The number of rotatable bonds is 5. The first-order valence-corrected chi connectivity index (χ1v) is 8.95. The first-order chi connectivity index (χ1) is 13.0. The van der Waals surface area contributed by atoms with Gasteiger partial charge in [0.2, 0.25) is 5.91 Å². The quantitative estimate of drug-likeness (QED) is 0.816. The van der Waals surface area contributed by atoms with Gasteiger partial charge in [-0.05, 0) is 18.2 Å². The average Bonchev–Trinajstić information content (AvgIpc) is 2.70. The van der Waals surface area contributed by atoms with Gasteiger partial charge in [0.1, 0.15) is 5.69 Å². The normalized spacial score (nSPS) is 14.1. The highest BCUT2D eigenvalue weighted by Gasteiger charge is 2.21. The van der Waals surface area contributed by atoms with Crippen LogP contribution in [0.15, 0.2) is 47.3 Å². The van der Waals surface area contributed by atoms with Crippen molar-refractivity contribution in [3.63, 3.8) is 0 Å². The lowest BCUT2D eigenvalue weighted by atomic mass is 10.2. The zero-order valence-corrected chi connectivity index (χ0v) is 15.3. The monoisotopic (exact) mass is 369 g/mol.